The number of amides is 1. The van der Waals surface area contributed by atoms with Gasteiger partial charge in [0.2, 0.25) is 0 Å². The second-order valence-corrected chi connectivity index (χ2v) is 6.71. The van der Waals surface area contributed by atoms with Gasteiger partial charge < -0.3 is 14.7 Å². The Morgan fingerprint density at radius 2 is 1.58 bits per heavy atom. The van der Waals surface area contributed by atoms with Crippen LogP contribution in [0.2, 0.25) is 0 Å². The molecule has 1 heterocycles. The van der Waals surface area contributed by atoms with Crippen LogP contribution in [0.25, 0.3) is 0 Å². The number of likely N-dealkylation sites (tertiary alicyclic amines) is 1. The Balaban J connectivity index is 1.57. The lowest BCUT2D eigenvalue weighted by atomic mass is 9.94. The van der Waals surface area contributed by atoms with Gasteiger partial charge in [-0.25, -0.2) is 0 Å². The van der Waals surface area contributed by atoms with Crippen LogP contribution in [0.5, 0.6) is 11.5 Å². The van der Waals surface area contributed by atoms with Crippen LogP contribution >= 0.6 is 0 Å². The van der Waals surface area contributed by atoms with Gasteiger partial charge in [0.1, 0.15) is 11.5 Å². The summed E-state index contributed by atoms with van der Waals surface area (Å²) in [7, 11) is 0. The van der Waals surface area contributed by atoms with Crippen LogP contribution in [-0.4, -0.2) is 35.1 Å². The molecule has 24 heavy (non-hydrogen) atoms. The molecule has 4 rings (SSSR count). The monoisotopic (exact) mass is 323 g/mol. The van der Waals surface area contributed by atoms with Crippen molar-refractivity contribution in [2.24, 2.45) is 11.8 Å². The number of para-hydroxylation sites is 2. The van der Waals surface area contributed by atoms with Gasteiger partial charge >= 0.3 is 0 Å². The number of fused-ring (bicyclic) bond motifs is 2. The highest BCUT2D eigenvalue weighted by atomic mass is 16.5. The van der Waals surface area contributed by atoms with Crippen LogP contribution in [-0.2, 0) is 0 Å². The van der Waals surface area contributed by atoms with E-state index in [9.17, 15) is 9.90 Å². The third-order valence-electron chi connectivity index (χ3n) is 5.16. The first-order chi connectivity index (χ1) is 11.7. The molecule has 0 aromatic heterocycles. The smallest absolute Gasteiger partial charge is 0.257 e. The lowest BCUT2D eigenvalue weighted by Gasteiger charge is -2.35. The van der Waals surface area contributed by atoms with E-state index >= 15 is 0 Å². The third kappa shape index (κ3) is 2.78. The predicted molar refractivity (Wildman–Crippen MR) is 91.1 cm³/mol. The fourth-order valence-corrected chi connectivity index (χ4v) is 3.88. The SMILES string of the molecule is O=C(c1ccccc1Oc1ccccc1)N1C[C@H]2CC[C@@H](C1)C2O. The van der Waals surface area contributed by atoms with Crippen molar-refractivity contribution in [3.63, 3.8) is 0 Å². The highest BCUT2D eigenvalue weighted by Crippen LogP contribution is 2.38. The van der Waals surface area contributed by atoms with E-state index in [-0.39, 0.29) is 23.8 Å². The summed E-state index contributed by atoms with van der Waals surface area (Å²) >= 11 is 0. The summed E-state index contributed by atoms with van der Waals surface area (Å²) in [5.74, 6) is 1.72. The van der Waals surface area contributed by atoms with Gasteiger partial charge in [0.05, 0.1) is 11.7 Å². The van der Waals surface area contributed by atoms with Gasteiger partial charge in [-0.05, 0) is 37.1 Å². The summed E-state index contributed by atoms with van der Waals surface area (Å²) < 4.78 is 5.91. The summed E-state index contributed by atoms with van der Waals surface area (Å²) in [6.45, 7) is 1.27. The molecule has 1 aliphatic heterocycles. The summed E-state index contributed by atoms with van der Waals surface area (Å²) in [6.07, 6.45) is 1.78. The Morgan fingerprint density at radius 1 is 0.958 bits per heavy atom. The number of hydrogen-bond acceptors (Lipinski definition) is 3. The number of nitrogens with zero attached hydrogens (tertiary/aromatic N) is 1. The van der Waals surface area contributed by atoms with Crippen molar-refractivity contribution in [2.45, 2.75) is 18.9 Å². The fourth-order valence-electron chi connectivity index (χ4n) is 3.88. The molecule has 4 heteroatoms. The molecule has 0 radical (unpaired) electrons. The molecule has 1 unspecified atom stereocenters. The number of rotatable bonds is 3. The Kier molecular flexibility index (Phi) is 3.98. The topological polar surface area (TPSA) is 49.8 Å². The number of ether oxygens (including phenoxy) is 1. The fraction of sp³-hybridized carbons (Fsp3) is 0.350. The lowest BCUT2D eigenvalue weighted by Crippen LogP contribution is -2.47. The standard InChI is InChI=1S/C20H21NO3/c22-19-14-10-11-15(19)13-21(12-14)20(23)17-8-4-5-9-18(17)24-16-6-2-1-3-7-16/h1-9,14-15,19,22H,10-13H2/t14-,15+,19?. The largest absolute Gasteiger partial charge is 0.457 e. The third-order valence-corrected chi connectivity index (χ3v) is 5.16. The molecule has 2 aliphatic rings. The number of hydrogen-bond donors (Lipinski definition) is 1. The first-order valence-electron chi connectivity index (χ1n) is 8.51. The van der Waals surface area contributed by atoms with Crippen LogP contribution in [0.15, 0.2) is 54.6 Å². The van der Waals surface area contributed by atoms with Crippen molar-refractivity contribution in [1.29, 1.82) is 0 Å². The molecule has 124 valence electrons. The number of piperidine rings is 1. The molecule has 2 aromatic rings. The number of benzene rings is 2. The first-order valence-corrected chi connectivity index (χ1v) is 8.51. The summed E-state index contributed by atoms with van der Waals surface area (Å²) in [6, 6.07) is 16.9. The summed E-state index contributed by atoms with van der Waals surface area (Å²) in [5.41, 5.74) is 0.581. The highest BCUT2D eigenvalue weighted by Gasteiger charge is 2.42. The minimum Gasteiger partial charge on any atom is -0.457 e. The average molecular weight is 323 g/mol. The number of carbonyl (C=O) groups is 1. The molecule has 1 aliphatic carbocycles. The molecular weight excluding hydrogens is 302 g/mol. The maximum Gasteiger partial charge on any atom is 0.257 e. The Hall–Kier alpha value is -2.33. The second kappa shape index (κ2) is 6.29. The van der Waals surface area contributed by atoms with E-state index in [4.69, 9.17) is 4.74 Å². The molecule has 1 saturated heterocycles. The Labute approximate surface area is 141 Å². The molecule has 2 bridgehead atoms. The molecule has 2 fully saturated rings. The van der Waals surface area contributed by atoms with Gasteiger partial charge in [-0.15, -0.1) is 0 Å². The average Bonchev–Trinajstić information content (AvgIpc) is 2.83. The van der Waals surface area contributed by atoms with Crippen LogP contribution < -0.4 is 4.74 Å². The van der Waals surface area contributed by atoms with Gasteiger partial charge in [0.25, 0.3) is 5.91 Å². The predicted octanol–water partition coefficient (Wildman–Crippen LogP) is 3.32. The van der Waals surface area contributed by atoms with Crippen LogP contribution in [0.3, 0.4) is 0 Å². The van der Waals surface area contributed by atoms with Crippen molar-refractivity contribution in [1.82, 2.24) is 4.90 Å². The Morgan fingerprint density at radius 3 is 2.29 bits per heavy atom. The van der Waals surface area contributed by atoms with E-state index in [1.807, 2.05) is 59.5 Å². The molecule has 3 atom stereocenters. The number of aliphatic hydroxyl groups is 1. The van der Waals surface area contributed by atoms with Crippen molar-refractivity contribution >= 4 is 5.91 Å². The lowest BCUT2D eigenvalue weighted by molar-refractivity contribution is 0.0165. The van der Waals surface area contributed by atoms with Gasteiger partial charge in [-0.1, -0.05) is 30.3 Å². The van der Waals surface area contributed by atoms with Crippen LogP contribution in [0.4, 0.5) is 0 Å². The molecule has 4 nitrogen and oxygen atoms in total. The molecule has 1 amide bonds. The zero-order chi connectivity index (χ0) is 16.5. The van der Waals surface area contributed by atoms with Crippen molar-refractivity contribution in [3.05, 3.63) is 60.2 Å². The highest BCUT2D eigenvalue weighted by molar-refractivity contribution is 5.97. The molecular formula is C20H21NO3. The minimum atomic E-state index is -0.245. The maximum absolute atomic E-state index is 13.0. The molecule has 1 N–H and O–H groups in total. The van der Waals surface area contributed by atoms with Gasteiger partial charge in [0.15, 0.2) is 0 Å². The first kappa shape index (κ1) is 15.2. The van der Waals surface area contributed by atoms with Crippen molar-refractivity contribution in [3.8, 4) is 11.5 Å². The molecule has 2 aromatic carbocycles. The zero-order valence-electron chi connectivity index (χ0n) is 13.5. The normalized spacial score (nSPS) is 25.5. The van der Waals surface area contributed by atoms with Crippen molar-refractivity contribution in [2.75, 3.05) is 13.1 Å². The molecule has 0 spiro atoms. The zero-order valence-corrected chi connectivity index (χ0v) is 13.5. The van der Waals surface area contributed by atoms with Gasteiger partial charge in [-0.3, -0.25) is 4.79 Å². The van der Waals surface area contributed by atoms with E-state index < -0.39 is 0 Å². The molecule has 1 saturated carbocycles. The second-order valence-electron chi connectivity index (χ2n) is 6.71. The van der Waals surface area contributed by atoms with E-state index in [2.05, 4.69) is 0 Å². The minimum absolute atomic E-state index is 0.00895. The van der Waals surface area contributed by atoms with Gasteiger partial charge in [-0.2, -0.15) is 0 Å². The van der Waals surface area contributed by atoms with E-state index in [0.29, 0.717) is 30.2 Å². The summed E-state index contributed by atoms with van der Waals surface area (Å²) in [5, 5.41) is 10.2. The Bertz CT molecular complexity index is 717. The number of carbonyl (C=O) groups excluding carboxylic acids is 1. The van der Waals surface area contributed by atoms with Crippen LogP contribution in [0.1, 0.15) is 23.2 Å². The van der Waals surface area contributed by atoms with E-state index in [0.717, 1.165) is 12.8 Å². The van der Waals surface area contributed by atoms with E-state index in [1.165, 1.54) is 0 Å². The van der Waals surface area contributed by atoms with E-state index in [1.54, 1.807) is 0 Å². The van der Waals surface area contributed by atoms with Crippen LogP contribution in [0, 0.1) is 11.8 Å². The van der Waals surface area contributed by atoms with Gasteiger partial charge in [0, 0.05) is 24.9 Å². The summed E-state index contributed by atoms with van der Waals surface area (Å²) in [4.78, 5) is 14.9. The quantitative estimate of drug-likeness (QED) is 0.942. The number of aliphatic hydroxyl groups excluding tert-OH is 1. The maximum atomic E-state index is 13.0. The van der Waals surface area contributed by atoms with Crippen molar-refractivity contribution < 1.29 is 14.6 Å².